The molecular weight excluding hydrogens is 374 g/mol. The summed E-state index contributed by atoms with van der Waals surface area (Å²) in [5.74, 6) is 0.342. The lowest BCUT2D eigenvalue weighted by Crippen LogP contribution is -2.17. The summed E-state index contributed by atoms with van der Waals surface area (Å²) in [4.78, 5) is 22.3. The van der Waals surface area contributed by atoms with Crippen LogP contribution >= 0.6 is 11.6 Å². The number of nitro benzene ring substituents is 1. The predicted molar refractivity (Wildman–Crippen MR) is 102 cm³/mol. The Labute approximate surface area is 160 Å². The van der Waals surface area contributed by atoms with E-state index in [4.69, 9.17) is 21.1 Å². The molecule has 0 radical (unpaired) electrons. The summed E-state index contributed by atoms with van der Waals surface area (Å²) in [5.41, 5.74) is 2.86. The van der Waals surface area contributed by atoms with Crippen LogP contribution < -0.4 is 14.9 Å². The molecule has 2 aromatic carbocycles. The molecule has 0 aromatic heterocycles. The van der Waals surface area contributed by atoms with Gasteiger partial charge in [0.15, 0.2) is 11.5 Å². The van der Waals surface area contributed by atoms with Gasteiger partial charge in [0.1, 0.15) is 0 Å². The van der Waals surface area contributed by atoms with Crippen LogP contribution in [0.1, 0.15) is 29.8 Å². The van der Waals surface area contributed by atoms with Crippen LogP contribution in [-0.4, -0.2) is 30.3 Å². The lowest BCUT2D eigenvalue weighted by Gasteiger charge is -2.13. The van der Waals surface area contributed by atoms with Crippen molar-refractivity contribution in [3.8, 4) is 11.5 Å². The summed E-state index contributed by atoms with van der Waals surface area (Å²) in [6.45, 7) is 4.54. The van der Waals surface area contributed by atoms with Gasteiger partial charge in [-0.25, -0.2) is 5.43 Å². The molecule has 142 valence electrons. The van der Waals surface area contributed by atoms with E-state index in [0.717, 1.165) is 0 Å². The Morgan fingerprint density at radius 2 is 2.00 bits per heavy atom. The third-order valence-electron chi connectivity index (χ3n) is 3.32. The Morgan fingerprint density at radius 1 is 1.26 bits per heavy atom. The minimum absolute atomic E-state index is 0.126. The molecule has 2 rings (SSSR count). The molecule has 0 bridgehead atoms. The molecule has 0 spiro atoms. The average molecular weight is 392 g/mol. The fourth-order valence-electron chi connectivity index (χ4n) is 2.20. The highest BCUT2D eigenvalue weighted by atomic mass is 35.5. The number of hydrazone groups is 1. The van der Waals surface area contributed by atoms with Gasteiger partial charge < -0.3 is 9.47 Å². The van der Waals surface area contributed by atoms with E-state index < -0.39 is 10.8 Å². The largest absolute Gasteiger partial charge is 0.490 e. The molecule has 9 heteroatoms. The van der Waals surface area contributed by atoms with Crippen LogP contribution in [0.2, 0.25) is 5.02 Å². The maximum Gasteiger partial charge on any atom is 0.271 e. The number of rotatable bonds is 8. The summed E-state index contributed by atoms with van der Waals surface area (Å²) in [6.07, 6.45) is 1.39. The zero-order valence-electron chi connectivity index (χ0n) is 14.8. The van der Waals surface area contributed by atoms with Crippen LogP contribution in [0, 0.1) is 10.1 Å². The van der Waals surface area contributed by atoms with Gasteiger partial charge in [0.05, 0.1) is 29.4 Å². The number of nitrogens with zero attached hydrogens (tertiary/aromatic N) is 2. The van der Waals surface area contributed by atoms with E-state index in [2.05, 4.69) is 10.5 Å². The first-order valence-corrected chi connectivity index (χ1v) is 8.51. The number of nitro groups is 1. The van der Waals surface area contributed by atoms with E-state index in [-0.39, 0.29) is 11.3 Å². The third-order valence-corrected chi connectivity index (χ3v) is 3.60. The average Bonchev–Trinajstić information content (AvgIpc) is 2.64. The summed E-state index contributed by atoms with van der Waals surface area (Å²) >= 11 is 6.22. The van der Waals surface area contributed by atoms with Crippen LogP contribution in [-0.2, 0) is 0 Å². The van der Waals surface area contributed by atoms with E-state index in [9.17, 15) is 14.9 Å². The molecule has 0 fully saturated rings. The molecular formula is C18H18ClN3O5. The monoisotopic (exact) mass is 391 g/mol. The van der Waals surface area contributed by atoms with Gasteiger partial charge in [0.25, 0.3) is 11.6 Å². The highest BCUT2D eigenvalue weighted by Gasteiger charge is 2.12. The van der Waals surface area contributed by atoms with Crippen molar-refractivity contribution in [2.45, 2.75) is 13.8 Å². The normalized spacial score (nSPS) is 10.6. The molecule has 27 heavy (non-hydrogen) atoms. The second-order valence-corrected chi connectivity index (χ2v) is 5.61. The molecule has 0 aliphatic heterocycles. The maximum absolute atomic E-state index is 12.1. The molecule has 0 unspecified atom stereocenters. The van der Waals surface area contributed by atoms with E-state index in [1.165, 1.54) is 30.5 Å². The Hall–Kier alpha value is -3.13. The summed E-state index contributed by atoms with van der Waals surface area (Å²) in [5, 5.41) is 15.0. The SMILES string of the molecule is CCOc1cc(/C=N/NC(=O)c2cccc([N+](=O)[O-])c2)cc(Cl)c1OCC. The maximum atomic E-state index is 12.1. The van der Waals surface area contributed by atoms with Gasteiger partial charge >= 0.3 is 0 Å². The van der Waals surface area contributed by atoms with Crippen LogP contribution in [0.4, 0.5) is 5.69 Å². The number of halogens is 1. The fraction of sp³-hybridized carbons (Fsp3) is 0.222. The van der Waals surface area contributed by atoms with Crippen molar-refractivity contribution < 1.29 is 19.2 Å². The summed E-state index contributed by atoms with van der Waals surface area (Å²) in [7, 11) is 0. The molecule has 0 aliphatic carbocycles. The van der Waals surface area contributed by atoms with Gasteiger partial charge in [-0.05, 0) is 37.6 Å². The van der Waals surface area contributed by atoms with E-state index in [1.807, 2.05) is 13.8 Å². The van der Waals surface area contributed by atoms with Crippen molar-refractivity contribution in [1.82, 2.24) is 5.43 Å². The first-order chi connectivity index (χ1) is 13.0. The van der Waals surface area contributed by atoms with Crippen molar-refractivity contribution >= 4 is 29.4 Å². The molecule has 1 amide bonds. The minimum atomic E-state index is -0.572. The Balaban J connectivity index is 2.14. The molecule has 0 saturated carbocycles. The first kappa shape index (κ1) is 20.2. The number of non-ortho nitro benzene ring substituents is 1. The zero-order chi connectivity index (χ0) is 19.8. The third kappa shape index (κ3) is 5.42. The van der Waals surface area contributed by atoms with Crippen molar-refractivity contribution in [3.05, 3.63) is 62.7 Å². The van der Waals surface area contributed by atoms with E-state index in [0.29, 0.717) is 35.3 Å². The lowest BCUT2D eigenvalue weighted by atomic mass is 10.2. The van der Waals surface area contributed by atoms with Crippen molar-refractivity contribution in [1.29, 1.82) is 0 Å². The van der Waals surface area contributed by atoms with Crippen molar-refractivity contribution in [2.24, 2.45) is 5.10 Å². The van der Waals surface area contributed by atoms with Gasteiger partial charge in [-0.1, -0.05) is 17.7 Å². The van der Waals surface area contributed by atoms with E-state index in [1.54, 1.807) is 12.1 Å². The minimum Gasteiger partial charge on any atom is -0.490 e. The number of hydrogen-bond acceptors (Lipinski definition) is 6. The molecule has 0 heterocycles. The van der Waals surface area contributed by atoms with Crippen LogP contribution in [0.25, 0.3) is 0 Å². The van der Waals surface area contributed by atoms with Crippen LogP contribution in [0.15, 0.2) is 41.5 Å². The van der Waals surface area contributed by atoms with Gasteiger partial charge in [-0.15, -0.1) is 0 Å². The number of amides is 1. The Bertz CT molecular complexity index is 870. The second-order valence-electron chi connectivity index (χ2n) is 5.20. The second kappa shape index (κ2) is 9.54. The van der Waals surface area contributed by atoms with Crippen molar-refractivity contribution in [3.63, 3.8) is 0 Å². The number of ether oxygens (including phenoxy) is 2. The summed E-state index contributed by atoms with van der Waals surface area (Å²) < 4.78 is 11.0. The van der Waals surface area contributed by atoms with Gasteiger partial charge in [-0.3, -0.25) is 14.9 Å². The van der Waals surface area contributed by atoms with Gasteiger partial charge in [0.2, 0.25) is 0 Å². The van der Waals surface area contributed by atoms with Crippen molar-refractivity contribution in [2.75, 3.05) is 13.2 Å². The van der Waals surface area contributed by atoms with E-state index >= 15 is 0 Å². The number of benzene rings is 2. The fourth-order valence-corrected chi connectivity index (χ4v) is 2.47. The van der Waals surface area contributed by atoms with Gasteiger partial charge in [-0.2, -0.15) is 5.10 Å². The number of nitrogens with one attached hydrogen (secondary N) is 1. The lowest BCUT2D eigenvalue weighted by molar-refractivity contribution is -0.384. The Kier molecular flexibility index (Phi) is 7.13. The standard InChI is InChI=1S/C18H18ClN3O5/c1-3-26-16-9-12(8-15(19)17(16)27-4-2)11-20-21-18(23)13-6-5-7-14(10-13)22(24)25/h5-11H,3-4H2,1-2H3,(H,21,23)/b20-11+. The zero-order valence-corrected chi connectivity index (χ0v) is 15.5. The Morgan fingerprint density at radius 3 is 2.67 bits per heavy atom. The molecule has 0 aliphatic rings. The first-order valence-electron chi connectivity index (χ1n) is 8.13. The number of carbonyl (C=O) groups is 1. The predicted octanol–water partition coefficient (Wildman–Crippen LogP) is 3.81. The molecule has 2 aromatic rings. The van der Waals surface area contributed by atoms with Crippen LogP contribution in [0.3, 0.4) is 0 Å². The number of carbonyl (C=O) groups excluding carboxylic acids is 1. The highest BCUT2D eigenvalue weighted by molar-refractivity contribution is 6.32. The molecule has 0 atom stereocenters. The quantitative estimate of drug-likeness (QED) is 0.418. The van der Waals surface area contributed by atoms with Crippen LogP contribution in [0.5, 0.6) is 11.5 Å². The molecule has 0 saturated heterocycles. The highest BCUT2D eigenvalue weighted by Crippen LogP contribution is 2.36. The smallest absolute Gasteiger partial charge is 0.271 e. The van der Waals surface area contributed by atoms with Gasteiger partial charge in [0, 0.05) is 17.7 Å². The molecule has 8 nitrogen and oxygen atoms in total. The summed E-state index contributed by atoms with van der Waals surface area (Å²) in [6, 6.07) is 8.67. The topological polar surface area (TPSA) is 103 Å². The molecule has 1 N–H and O–H groups in total. The number of hydrogen-bond donors (Lipinski definition) is 1.